The third kappa shape index (κ3) is 3.95. The molecule has 110 valence electrons. The number of halogens is 1. The monoisotopic (exact) mass is 311 g/mol. The summed E-state index contributed by atoms with van der Waals surface area (Å²) in [5.41, 5.74) is 6.18. The fraction of sp³-hybridized carbons (Fsp3) is 0.400. The van der Waals surface area contributed by atoms with Crippen LogP contribution in [-0.2, 0) is 4.74 Å². The number of hydrogen-bond acceptors (Lipinski definition) is 4. The van der Waals surface area contributed by atoms with E-state index in [-0.39, 0.29) is 12.4 Å². The first-order valence-electron chi connectivity index (χ1n) is 6.38. The third-order valence-electron chi connectivity index (χ3n) is 3.20. The zero-order chi connectivity index (χ0) is 13.8. The zero-order valence-electron chi connectivity index (χ0n) is 12.3. The Morgan fingerprint density at radius 2 is 1.85 bits per heavy atom. The standard InChI is InChI=1S/C15H20N2OS.ClH/c1-10-7-12(3)13(8-11(10)2)14-9-19-15(17-14)16-5-6-18-4;/h7-9H,5-6H2,1-4H3,(H,16,17);1H/p-1. The lowest BCUT2D eigenvalue weighted by Gasteiger charge is -2.07. The maximum Gasteiger partial charge on any atom is 0.183 e. The van der Waals surface area contributed by atoms with Crippen LogP contribution in [0.1, 0.15) is 16.7 Å². The molecule has 20 heavy (non-hydrogen) atoms. The van der Waals surface area contributed by atoms with E-state index in [0.717, 1.165) is 17.4 Å². The van der Waals surface area contributed by atoms with Gasteiger partial charge in [-0.25, -0.2) is 4.98 Å². The van der Waals surface area contributed by atoms with Gasteiger partial charge in [0.2, 0.25) is 0 Å². The molecule has 0 aliphatic carbocycles. The topological polar surface area (TPSA) is 34.1 Å². The summed E-state index contributed by atoms with van der Waals surface area (Å²) in [6.45, 7) is 7.90. The summed E-state index contributed by atoms with van der Waals surface area (Å²) in [4.78, 5) is 4.64. The Labute approximate surface area is 130 Å². The number of rotatable bonds is 5. The summed E-state index contributed by atoms with van der Waals surface area (Å²) in [5, 5.41) is 6.32. The molecule has 1 aromatic carbocycles. The van der Waals surface area contributed by atoms with Crippen LogP contribution < -0.4 is 17.7 Å². The molecule has 2 aromatic rings. The molecule has 1 N–H and O–H groups in total. The molecule has 1 heterocycles. The highest BCUT2D eigenvalue weighted by atomic mass is 35.5. The van der Waals surface area contributed by atoms with Crippen molar-refractivity contribution in [2.75, 3.05) is 25.6 Å². The van der Waals surface area contributed by atoms with Crippen LogP contribution in [0.3, 0.4) is 0 Å². The van der Waals surface area contributed by atoms with Crippen molar-refractivity contribution in [2.24, 2.45) is 0 Å². The minimum absolute atomic E-state index is 0. The molecule has 2 rings (SSSR count). The van der Waals surface area contributed by atoms with Gasteiger partial charge in [-0.15, -0.1) is 11.3 Å². The number of methoxy groups -OCH3 is 1. The zero-order valence-corrected chi connectivity index (χ0v) is 13.9. The molecule has 0 aliphatic heterocycles. The molecule has 0 unspecified atom stereocenters. The van der Waals surface area contributed by atoms with Gasteiger partial charge in [0.1, 0.15) is 0 Å². The molecule has 0 radical (unpaired) electrons. The number of hydrogen-bond donors (Lipinski definition) is 1. The van der Waals surface area contributed by atoms with Gasteiger partial charge in [-0.1, -0.05) is 6.07 Å². The second-order valence-electron chi connectivity index (χ2n) is 4.71. The molecular weight excluding hydrogens is 292 g/mol. The Morgan fingerprint density at radius 3 is 2.55 bits per heavy atom. The average Bonchev–Trinajstić information content (AvgIpc) is 2.83. The van der Waals surface area contributed by atoms with Gasteiger partial charge in [-0.05, 0) is 43.5 Å². The van der Waals surface area contributed by atoms with Gasteiger partial charge in [0, 0.05) is 24.6 Å². The lowest BCUT2D eigenvalue weighted by atomic mass is 9.99. The largest absolute Gasteiger partial charge is 1.00 e. The summed E-state index contributed by atoms with van der Waals surface area (Å²) in [6.07, 6.45) is 0. The van der Waals surface area contributed by atoms with Crippen LogP contribution in [0.25, 0.3) is 11.3 Å². The van der Waals surface area contributed by atoms with E-state index in [4.69, 9.17) is 4.74 Å². The fourth-order valence-electron chi connectivity index (χ4n) is 1.98. The number of thiazole rings is 1. The van der Waals surface area contributed by atoms with Crippen molar-refractivity contribution < 1.29 is 17.1 Å². The SMILES string of the molecule is COCCNc1nc(-c2cc(C)c(C)cc2C)cs1.[Cl-]. The summed E-state index contributed by atoms with van der Waals surface area (Å²) >= 11 is 1.64. The molecule has 0 spiro atoms. The number of nitrogens with one attached hydrogen (secondary N) is 1. The van der Waals surface area contributed by atoms with Crippen molar-refractivity contribution in [3.05, 3.63) is 34.2 Å². The van der Waals surface area contributed by atoms with Crippen LogP contribution in [0.4, 0.5) is 5.13 Å². The van der Waals surface area contributed by atoms with Crippen LogP contribution in [-0.4, -0.2) is 25.2 Å². The van der Waals surface area contributed by atoms with Gasteiger partial charge < -0.3 is 22.5 Å². The normalized spacial score (nSPS) is 10.2. The Kier molecular flexibility index (Phi) is 6.46. The molecule has 0 saturated heterocycles. The van der Waals surface area contributed by atoms with Gasteiger partial charge in [-0.2, -0.15) is 0 Å². The molecule has 3 nitrogen and oxygen atoms in total. The van der Waals surface area contributed by atoms with Gasteiger partial charge in [0.25, 0.3) is 0 Å². The smallest absolute Gasteiger partial charge is 0.183 e. The fourth-order valence-corrected chi connectivity index (χ4v) is 2.71. The Hall–Kier alpha value is -1.10. The van der Waals surface area contributed by atoms with Crippen molar-refractivity contribution in [2.45, 2.75) is 20.8 Å². The van der Waals surface area contributed by atoms with Gasteiger partial charge in [0.05, 0.1) is 12.3 Å². The molecule has 5 heteroatoms. The van der Waals surface area contributed by atoms with Crippen LogP contribution in [0, 0.1) is 20.8 Å². The first-order valence-corrected chi connectivity index (χ1v) is 7.26. The number of aromatic nitrogens is 1. The maximum atomic E-state index is 5.02. The maximum absolute atomic E-state index is 5.02. The highest BCUT2D eigenvalue weighted by Crippen LogP contribution is 2.29. The van der Waals surface area contributed by atoms with Gasteiger partial charge >= 0.3 is 0 Å². The van der Waals surface area contributed by atoms with E-state index >= 15 is 0 Å². The summed E-state index contributed by atoms with van der Waals surface area (Å²) in [6, 6.07) is 4.45. The molecule has 0 fully saturated rings. The molecule has 0 bridgehead atoms. The number of ether oxygens (including phenoxy) is 1. The van der Waals surface area contributed by atoms with E-state index in [0.29, 0.717) is 6.61 Å². The Bertz CT molecular complexity index is 569. The van der Waals surface area contributed by atoms with Crippen molar-refractivity contribution in [3.63, 3.8) is 0 Å². The average molecular weight is 312 g/mol. The van der Waals surface area contributed by atoms with Crippen molar-refractivity contribution >= 4 is 16.5 Å². The summed E-state index contributed by atoms with van der Waals surface area (Å²) in [5.74, 6) is 0. The van der Waals surface area contributed by atoms with Crippen LogP contribution in [0.2, 0.25) is 0 Å². The van der Waals surface area contributed by atoms with Crippen molar-refractivity contribution in [3.8, 4) is 11.3 Å². The van der Waals surface area contributed by atoms with Gasteiger partial charge in [0.15, 0.2) is 5.13 Å². The van der Waals surface area contributed by atoms with E-state index in [1.807, 2.05) is 0 Å². The molecule has 0 atom stereocenters. The number of aryl methyl sites for hydroxylation is 3. The summed E-state index contributed by atoms with van der Waals surface area (Å²) in [7, 11) is 1.70. The van der Waals surface area contributed by atoms with E-state index < -0.39 is 0 Å². The molecule has 0 aliphatic rings. The van der Waals surface area contributed by atoms with E-state index in [1.165, 1.54) is 22.3 Å². The Balaban J connectivity index is 0.00000200. The number of anilines is 1. The minimum Gasteiger partial charge on any atom is -1.00 e. The quantitative estimate of drug-likeness (QED) is 0.829. The number of benzene rings is 1. The predicted octanol–water partition coefficient (Wildman–Crippen LogP) is 0.798. The third-order valence-corrected chi connectivity index (χ3v) is 4.00. The predicted molar refractivity (Wildman–Crippen MR) is 82.1 cm³/mol. The lowest BCUT2D eigenvalue weighted by Crippen LogP contribution is -3.00. The van der Waals surface area contributed by atoms with Crippen LogP contribution in [0.15, 0.2) is 17.5 Å². The first kappa shape index (κ1) is 17.0. The second kappa shape index (κ2) is 7.62. The highest BCUT2D eigenvalue weighted by Gasteiger charge is 2.08. The summed E-state index contributed by atoms with van der Waals surface area (Å²) < 4.78 is 5.02. The lowest BCUT2D eigenvalue weighted by molar-refractivity contribution is -0.00000440. The van der Waals surface area contributed by atoms with E-state index in [2.05, 4.69) is 48.6 Å². The minimum atomic E-state index is 0. The molecule has 1 aromatic heterocycles. The van der Waals surface area contributed by atoms with Crippen molar-refractivity contribution in [1.29, 1.82) is 0 Å². The molecule has 0 saturated carbocycles. The van der Waals surface area contributed by atoms with Crippen molar-refractivity contribution in [1.82, 2.24) is 4.98 Å². The highest BCUT2D eigenvalue weighted by molar-refractivity contribution is 7.14. The van der Waals surface area contributed by atoms with E-state index in [9.17, 15) is 0 Å². The first-order chi connectivity index (χ1) is 9.11. The second-order valence-corrected chi connectivity index (χ2v) is 5.57. The molecule has 0 amide bonds. The van der Waals surface area contributed by atoms with Gasteiger partial charge in [-0.3, -0.25) is 0 Å². The van der Waals surface area contributed by atoms with Crippen LogP contribution in [0.5, 0.6) is 0 Å². The molecular formula is C15H20ClN2OS-. The van der Waals surface area contributed by atoms with Crippen LogP contribution >= 0.6 is 11.3 Å². The number of nitrogens with zero attached hydrogens (tertiary/aromatic N) is 1. The van der Waals surface area contributed by atoms with E-state index in [1.54, 1.807) is 18.4 Å². The Morgan fingerprint density at radius 1 is 1.15 bits per heavy atom.